The fourth-order valence-corrected chi connectivity index (χ4v) is 2.91. The minimum Gasteiger partial charge on any atom is -0.481 e. The summed E-state index contributed by atoms with van der Waals surface area (Å²) in [5, 5.41) is 25.2. The second-order valence-electron chi connectivity index (χ2n) is 17.9. The Kier molecular flexibility index (Phi) is 31.6. The number of aliphatic hydroxyl groups excluding tert-OH is 2. The van der Waals surface area contributed by atoms with Gasteiger partial charge in [-0.1, -0.05) is 110 Å². The van der Waals surface area contributed by atoms with Crippen molar-refractivity contribution in [2.24, 2.45) is 32.8 Å². The molecule has 0 fully saturated rings. The minimum absolute atomic E-state index is 0.151. The number of aliphatic carboxylic acids is 1. The molecule has 0 radical (unpaired) electrons. The number of carboxylic acids is 1. The van der Waals surface area contributed by atoms with E-state index in [-0.39, 0.29) is 23.2 Å². The Balaban J connectivity index is -0.000000144. The number of ketones is 1. The van der Waals surface area contributed by atoms with Crippen molar-refractivity contribution in [3.8, 4) is 0 Å². The van der Waals surface area contributed by atoms with Crippen molar-refractivity contribution in [2.75, 3.05) is 13.2 Å². The van der Waals surface area contributed by atoms with Crippen LogP contribution in [0.3, 0.4) is 0 Å². The first-order valence-electron chi connectivity index (χ1n) is 16.6. The van der Waals surface area contributed by atoms with Crippen molar-refractivity contribution in [3.05, 3.63) is 0 Å². The fraction of sp³-hybridized carbons (Fsp3) is 0.919. The van der Waals surface area contributed by atoms with Crippen LogP contribution in [0.25, 0.3) is 0 Å². The third kappa shape index (κ3) is 83.6. The van der Waals surface area contributed by atoms with Gasteiger partial charge in [0.2, 0.25) is 5.91 Å². The van der Waals surface area contributed by atoms with E-state index in [9.17, 15) is 14.4 Å². The highest BCUT2D eigenvalue weighted by molar-refractivity contribution is 5.75. The highest BCUT2D eigenvalue weighted by Crippen LogP contribution is 2.22. The average molecular weight is 634 g/mol. The van der Waals surface area contributed by atoms with Gasteiger partial charge >= 0.3 is 5.97 Å². The topological polar surface area (TPSA) is 138 Å². The van der Waals surface area contributed by atoms with E-state index >= 15 is 0 Å². The van der Waals surface area contributed by atoms with E-state index in [4.69, 9.17) is 21.1 Å². The lowest BCUT2D eigenvalue weighted by atomic mass is 9.90. The number of carbonyl (C=O) groups is 3. The molecule has 0 aliphatic heterocycles. The van der Waals surface area contributed by atoms with Crippen molar-refractivity contribution >= 4 is 17.7 Å². The van der Waals surface area contributed by atoms with E-state index in [1.54, 1.807) is 6.92 Å². The van der Waals surface area contributed by atoms with Crippen molar-refractivity contribution in [3.63, 3.8) is 0 Å². The maximum atomic E-state index is 10.5. The Morgan fingerprint density at radius 1 is 0.477 bits per heavy atom. The van der Waals surface area contributed by atoms with E-state index in [0.29, 0.717) is 41.7 Å². The van der Waals surface area contributed by atoms with E-state index < -0.39 is 5.97 Å². The first kappa shape index (κ1) is 52.1. The summed E-state index contributed by atoms with van der Waals surface area (Å²) in [4.78, 5) is 30.8. The lowest BCUT2D eigenvalue weighted by Crippen LogP contribution is -2.14. The van der Waals surface area contributed by atoms with Crippen molar-refractivity contribution in [2.45, 2.75) is 181 Å². The van der Waals surface area contributed by atoms with Crippen LogP contribution in [0, 0.1) is 27.1 Å². The highest BCUT2D eigenvalue weighted by atomic mass is 16.4. The first-order valence-corrected chi connectivity index (χ1v) is 16.6. The number of rotatable bonds is 11. The second kappa shape index (κ2) is 26.7. The summed E-state index contributed by atoms with van der Waals surface area (Å²) in [7, 11) is 0. The van der Waals surface area contributed by atoms with Gasteiger partial charge in [-0.15, -0.1) is 0 Å². The molecule has 0 aromatic rings. The van der Waals surface area contributed by atoms with Gasteiger partial charge < -0.3 is 25.8 Å². The zero-order valence-corrected chi connectivity index (χ0v) is 32.3. The van der Waals surface area contributed by atoms with Crippen LogP contribution in [-0.4, -0.2) is 46.2 Å². The van der Waals surface area contributed by atoms with Crippen LogP contribution in [0.15, 0.2) is 0 Å². The van der Waals surface area contributed by atoms with Crippen LogP contribution in [-0.2, 0) is 14.4 Å². The molecule has 0 unspecified atom stereocenters. The number of hydrogen-bond donors (Lipinski definition) is 4. The SMILES string of the molecule is CC(=O)CCC(C)(C)C.CC(C)(C)CCC(=O)O.CC(C)(C)CCC(N)=O.CC(C)(C)CCCCO.CC(C)(C)CCCO. The van der Waals surface area contributed by atoms with E-state index in [1.165, 1.54) is 6.42 Å². The number of primary amides is 1. The third-order valence-electron chi connectivity index (χ3n) is 5.86. The quantitative estimate of drug-likeness (QED) is 0.167. The molecule has 0 atom stereocenters. The molecular formula is C37H79NO6. The molecule has 0 aliphatic rings. The molecule has 0 heterocycles. The van der Waals surface area contributed by atoms with Crippen LogP contribution in [0.4, 0.5) is 0 Å². The maximum absolute atomic E-state index is 10.5. The largest absolute Gasteiger partial charge is 0.481 e. The Labute approximate surface area is 274 Å². The molecule has 0 aliphatic carbocycles. The Bertz CT molecular complexity index is 629. The number of amides is 1. The van der Waals surface area contributed by atoms with Gasteiger partial charge in [0.15, 0.2) is 0 Å². The monoisotopic (exact) mass is 634 g/mol. The summed E-state index contributed by atoms with van der Waals surface area (Å²) in [6.45, 7) is 34.4. The summed E-state index contributed by atoms with van der Waals surface area (Å²) >= 11 is 0. The summed E-state index contributed by atoms with van der Waals surface area (Å²) in [6, 6.07) is 0. The maximum Gasteiger partial charge on any atom is 0.303 e. The van der Waals surface area contributed by atoms with Crippen molar-refractivity contribution < 1.29 is 29.7 Å². The molecule has 0 saturated carbocycles. The van der Waals surface area contributed by atoms with Gasteiger partial charge in [-0.25, -0.2) is 0 Å². The van der Waals surface area contributed by atoms with Gasteiger partial charge in [0.05, 0.1) is 0 Å². The Morgan fingerprint density at radius 2 is 0.773 bits per heavy atom. The smallest absolute Gasteiger partial charge is 0.303 e. The van der Waals surface area contributed by atoms with Crippen molar-refractivity contribution in [1.29, 1.82) is 0 Å². The van der Waals surface area contributed by atoms with Crippen LogP contribution >= 0.6 is 0 Å². The third-order valence-corrected chi connectivity index (χ3v) is 5.86. The van der Waals surface area contributed by atoms with Gasteiger partial charge in [0.25, 0.3) is 0 Å². The number of Topliss-reactive ketones (excluding diaryl/α,β-unsaturated/α-hetero) is 1. The number of aliphatic hydroxyl groups is 2. The molecule has 7 nitrogen and oxygen atoms in total. The summed E-state index contributed by atoms with van der Waals surface area (Å²) < 4.78 is 0. The Hall–Kier alpha value is -1.47. The van der Waals surface area contributed by atoms with Crippen LogP contribution in [0.5, 0.6) is 0 Å². The number of carboxylic acid groups (broad SMARTS) is 1. The summed E-state index contributed by atoms with van der Waals surface area (Å²) in [6.07, 6.45) is 9.52. The molecule has 0 bridgehead atoms. The van der Waals surface area contributed by atoms with E-state index in [2.05, 4.69) is 83.1 Å². The lowest BCUT2D eigenvalue weighted by Gasteiger charge is -2.16. The molecule has 5 N–H and O–H groups in total. The van der Waals surface area contributed by atoms with Gasteiger partial charge in [-0.2, -0.15) is 0 Å². The van der Waals surface area contributed by atoms with Crippen molar-refractivity contribution in [1.82, 2.24) is 0 Å². The molecule has 0 rings (SSSR count). The Morgan fingerprint density at radius 3 is 0.932 bits per heavy atom. The second-order valence-corrected chi connectivity index (χ2v) is 17.9. The minimum atomic E-state index is -0.704. The summed E-state index contributed by atoms with van der Waals surface area (Å²) in [5.74, 6) is -0.611. The normalized spacial score (nSPS) is 11.7. The number of hydrogen-bond acceptors (Lipinski definition) is 5. The van der Waals surface area contributed by atoms with E-state index in [1.807, 2.05) is 20.8 Å². The molecule has 268 valence electrons. The predicted molar refractivity (Wildman–Crippen MR) is 190 cm³/mol. The first-order chi connectivity index (χ1) is 19.4. The molecule has 0 spiro atoms. The molecule has 0 saturated heterocycles. The number of unbranched alkanes of at least 4 members (excludes halogenated alkanes) is 1. The molecule has 44 heavy (non-hydrogen) atoms. The number of carbonyl (C=O) groups excluding carboxylic acids is 2. The van der Waals surface area contributed by atoms with Gasteiger partial charge in [-0.05, 0) is 78.9 Å². The molecular weight excluding hydrogens is 554 g/mol. The molecule has 1 amide bonds. The van der Waals surface area contributed by atoms with Gasteiger partial charge in [0.1, 0.15) is 5.78 Å². The van der Waals surface area contributed by atoms with Crippen LogP contribution < -0.4 is 5.73 Å². The fourth-order valence-electron chi connectivity index (χ4n) is 2.91. The predicted octanol–water partition coefficient (Wildman–Crippen LogP) is 9.60. The molecule has 0 aromatic carbocycles. The zero-order valence-electron chi connectivity index (χ0n) is 32.3. The highest BCUT2D eigenvalue weighted by Gasteiger charge is 2.12. The summed E-state index contributed by atoms with van der Waals surface area (Å²) in [5.41, 5.74) is 6.49. The van der Waals surface area contributed by atoms with Crippen LogP contribution in [0.2, 0.25) is 0 Å². The van der Waals surface area contributed by atoms with Crippen LogP contribution in [0.1, 0.15) is 181 Å². The average Bonchev–Trinajstić information content (AvgIpc) is 2.78. The van der Waals surface area contributed by atoms with Gasteiger partial charge in [-0.3, -0.25) is 9.59 Å². The lowest BCUT2D eigenvalue weighted by molar-refractivity contribution is -0.137. The zero-order chi connectivity index (χ0) is 36.4. The molecule has 0 aromatic heterocycles. The standard InChI is InChI=1S/C8H16O.C8H18O.C7H15NO.C7H14O2.C7H16O/c1-7(9)5-6-8(2,3)4;1-8(2,3)6-4-5-7-9;2*1-7(2,3)5-4-6(8)9;1-7(2,3)5-4-6-8/h5-6H2,1-4H3;9H,4-7H2,1-3H3;4-5H2,1-3H3,(H2,8,9);4-5H2,1-3H3,(H,8,9);8H,4-6H2,1-3H3. The molecule has 7 heteroatoms. The van der Waals surface area contributed by atoms with E-state index in [0.717, 1.165) is 51.4 Å². The number of nitrogens with two attached hydrogens (primary N) is 1. The van der Waals surface area contributed by atoms with Gasteiger partial charge in [0, 0.05) is 32.5 Å².